The van der Waals surface area contributed by atoms with Crippen LogP contribution in [0.5, 0.6) is 0 Å². The van der Waals surface area contributed by atoms with Crippen molar-refractivity contribution in [3.05, 3.63) is 77.6 Å². The van der Waals surface area contributed by atoms with E-state index in [9.17, 15) is 13.2 Å². The Morgan fingerprint density at radius 1 is 1.15 bits per heavy atom. The first-order chi connectivity index (χ1) is 12.9. The largest absolute Gasteiger partial charge is 0.459 e. The van der Waals surface area contributed by atoms with Crippen LogP contribution in [0.3, 0.4) is 0 Å². The number of sulfonamides is 1. The Bertz CT molecular complexity index is 1040. The van der Waals surface area contributed by atoms with Crippen LogP contribution >= 0.6 is 0 Å². The fraction of sp³-hybridized carbons (Fsp3) is 0.111. The fourth-order valence-electron chi connectivity index (χ4n) is 2.14. The highest BCUT2D eigenvalue weighted by Gasteiger charge is 2.14. The van der Waals surface area contributed by atoms with Crippen LogP contribution in [-0.4, -0.2) is 20.5 Å². The van der Waals surface area contributed by atoms with Gasteiger partial charge < -0.3 is 8.83 Å². The number of nitrogens with one attached hydrogen (secondary N) is 2. The van der Waals surface area contributed by atoms with Crippen molar-refractivity contribution in [1.82, 2.24) is 10.1 Å². The van der Waals surface area contributed by atoms with Gasteiger partial charge in [0.2, 0.25) is 10.0 Å². The van der Waals surface area contributed by atoms with E-state index >= 15 is 0 Å². The molecule has 0 atom stereocenters. The van der Waals surface area contributed by atoms with E-state index in [1.54, 1.807) is 42.5 Å². The predicted octanol–water partition coefficient (Wildman–Crippen LogP) is 2.42. The lowest BCUT2D eigenvalue weighted by Gasteiger charge is -2.05. The fourth-order valence-corrected chi connectivity index (χ4v) is 3.14. The van der Waals surface area contributed by atoms with Gasteiger partial charge in [0.25, 0.3) is 0 Å². The maximum Gasteiger partial charge on any atom is 0.307 e. The molecule has 2 heterocycles. The van der Waals surface area contributed by atoms with Gasteiger partial charge in [0.15, 0.2) is 5.76 Å². The second-order valence-corrected chi connectivity index (χ2v) is 7.39. The molecule has 0 aliphatic heterocycles. The zero-order chi connectivity index (χ0) is 19.3. The van der Waals surface area contributed by atoms with Crippen molar-refractivity contribution in [2.75, 3.05) is 0 Å². The standard InChI is InChI=1S/C18H17N3O5S/c1-13-4-8-16(9-5-13)27(23,24)20-12-15-7-6-14(26-15)11-19-21-18(22)17-3-2-10-25-17/h2-11,20H,12H2,1H3,(H,21,22)/b19-11-. The van der Waals surface area contributed by atoms with Crippen molar-refractivity contribution in [3.63, 3.8) is 0 Å². The summed E-state index contributed by atoms with van der Waals surface area (Å²) in [5.41, 5.74) is 3.27. The normalized spacial score (nSPS) is 11.7. The Kier molecular flexibility index (Phi) is 5.53. The zero-order valence-corrected chi connectivity index (χ0v) is 15.2. The number of aryl methyl sites for hydroxylation is 1. The number of hydrazone groups is 1. The lowest BCUT2D eigenvalue weighted by Crippen LogP contribution is -2.22. The van der Waals surface area contributed by atoms with Gasteiger partial charge in [-0.15, -0.1) is 0 Å². The highest BCUT2D eigenvalue weighted by atomic mass is 32.2. The third kappa shape index (κ3) is 4.93. The van der Waals surface area contributed by atoms with E-state index in [2.05, 4.69) is 15.2 Å². The van der Waals surface area contributed by atoms with E-state index in [-0.39, 0.29) is 17.2 Å². The average Bonchev–Trinajstić information content (AvgIpc) is 3.32. The first-order valence-corrected chi connectivity index (χ1v) is 9.44. The molecule has 3 aromatic rings. The van der Waals surface area contributed by atoms with E-state index in [1.807, 2.05) is 6.92 Å². The molecular weight excluding hydrogens is 370 g/mol. The van der Waals surface area contributed by atoms with Crippen LogP contribution in [0.15, 0.2) is 73.6 Å². The first-order valence-electron chi connectivity index (χ1n) is 7.96. The molecule has 0 aliphatic rings. The molecule has 0 unspecified atom stereocenters. The maximum absolute atomic E-state index is 12.2. The number of carbonyl (C=O) groups excluding carboxylic acids is 1. The first kappa shape index (κ1) is 18.6. The Morgan fingerprint density at radius 3 is 2.63 bits per heavy atom. The molecule has 0 saturated heterocycles. The van der Waals surface area contributed by atoms with Crippen LogP contribution in [0, 0.1) is 6.92 Å². The van der Waals surface area contributed by atoms with Crippen molar-refractivity contribution in [2.45, 2.75) is 18.4 Å². The van der Waals surface area contributed by atoms with Gasteiger partial charge in [-0.25, -0.2) is 18.6 Å². The number of benzene rings is 1. The molecule has 0 bridgehead atoms. The molecule has 8 nitrogen and oxygen atoms in total. The molecular formula is C18H17N3O5S. The number of carbonyl (C=O) groups is 1. The van der Waals surface area contributed by atoms with Gasteiger partial charge in [0.05, 0.1) is 23.9 Å². The topological polar surface area (TPSA) is 114 Å². The van der Waals surface area contributed by atoms with E-state index in [0.29, 0.717) is 11.5 Å². The third-order valence-electron chi connectivity index (χ3n) is 3.55. The SMILES string of the molecule is Cc1ccc(S(=O)(=O)NCc2ccc(/C=N\NC(=O)c3ccco3)o2)cc1. The molecule has 140 valence electrons. The van der Waals surface area contributed by atoms with Crippen molar-refractivity contribution in [3.8, 4) is 0 Å². The summed E-state index contributed by atoms with van der Waals surface area (Å²) in [7, 11) is -3.63. The monoisotopic (exact) mass is 387 g/mol. The molecule has 0 radical (unpaired) electrons. The smallest absolute Gasteiger partial charge is 0.307 e. The van der Waals surface area contributed by atoms with E-state index < -0.39 is 15.9 Å². The van der Waals surface area contributed by atoms with Crippen LogP contribution in [0.25, 0.3) is 0 Å². The quantitative estimate of drug-likeness (QED) is 0.477. The van der Waals surface area contributed by atoms with Crippen LogP contribution < -0.4 is 10.1 Å². The molecule has 1 amide bonds. The highest BCUT2D eigenvalue weighted by molar-refractivity contribution is 7.89. The Balaban J connectivity index is 1.55. The Labute approximate surface area is 155 Å². The molecule has 0 fully saturated rings. The van der Waals surface area contributed by atoms with Crippen molar-refractivity contribution < 1.29 is 22.0 Å². The summed E-state index contributed by atoms with van der Waals surface area (Å²) in [4.78, 5) is 11.8. The third-order valence-corrected chi connectivity index (χ3v) is 4.97. The molecule has 2 aromatic heterocycles. The average molecular weight is 387 g/mol. The molecule has 0 spiro atoms. The lowest BCUT2D eigenvalue weighted by atomic mass is 10.2. The summed E-state index contributed by atoms with van der Waals surface area (Å²) in [6.07, 6.45) is 2.69. The van der Waals surface area contributed by atoms with Crippen molar-refractivity contribution in [2.24, 2.45) is 5.10 Å². The summed E-state index contributed by atoms with van der Waals surface area (Å²) < 4.78 is 37.4. The van der Waals surface area contributed by atoms with Gasteiger partial charge in [-0.3, -0.25) is 4.79 Å². The molecule has 2 N–H and O–H groups in total. The maximum atomic E-state index is 12.2. The molecule has 1 aromatic carbocycles. The molecule has 3 rings (SSSR count). The van der Waals surface area contributed by atoms with Gasteiger partial charge in [-0.05, 0) is 43.3 Å². The van der Waals surface area contributed by atoms with Crippen LogP contribution in [0.2, 0.25) is 0 Å². The molecule has 9 heteroatoms. The predicted molar refractivity (Wildman–Crippen MR) is 97.7 cm³/mol. The number of rotatable bonds is 7. The summed E-state index contributed by atoms with van der Waals surface area (Å²) in [6, 6.07) is 12.9. The minimum absolute atomic E-state index is 0.0111. The van der Waals surface area contributed by atoms with Gasteiger partial charge in [-0.1, -0.05) is 17.7 Å². The minimum atomic E-state index is -3.63. The van der Waals surface area contributed by atoms with E-state index in [1.165, 1.54) is 18.5 Å². The van der Waals surface area contributed by atoms with Crippen molar-refractivity contribution in [1.29, 1.82) is 0 Å². The number of furan rings is 2. The molecule has 27 heavy (non-hydrogen) atoms. The summed E-state index contributed by atoms with van der Waals surface area (Å²) >= 11 is 0. The lowest BCUT2D eigenvalue weighted by molar-refractivity contribution is 0.0927. The number of hydrogen-bond acceptors (Lipinski definition) is 6. The molecule has 0 saturated carbocycles. The molecule has 0 aliphatic carbocycles. The summed E-state index contributed by atoms with van der Waals surface area (Å²) in [5, 5.41) is 3.76. The number of nitrogens with zero attached hydrogens (tertiary/aromatic N) is 1. The van der Waals surface area contributed by atoms with Crippen molar-refractivity contribution >= 4 is 22.1 Å². The van der Waals surface area contributed by atoms with Gasteiger partial charge >= 0.3 is 5.91 Å². The Hall–Kier alpha value is -3.17. The van der Waals surface area contributed by atoms with Crippen LogP contribution in [-0.2, 0) is 16.6 Å². The summed E-state index contributed by atoms with van der Waals surface area (Å²) in [6.45, 7) is 1.87. The number of hydrogen-bond donors (Lipinski definition) is 2. The van der Waals surface area contributed by atoms with E-state index in [0.717, 1.165) is 5.56 Å². The second-order valence-electron chi connectivity index (χ2n) is 5.62. The van der Waals surface area contributed by atoms with Crippen LogP contribution in [0.4, 0.5) is 0 Å². The minimum Gasteiger partial charge on any atom is -0.459 e. The second kappa shape index (κ2) is 8.02. The van der Waals surface area contributed by atoms with E-state index in [4.69, 9.17) is 8.83 Å². The van der Waals surface area contributed by atoms with Crippen LogP contribution in [0.1, 0.15) is 27.6 Å². The summed E-state index contributed by atoms with van der Waals surface area (Å²) in [5.74, 6) is 0.412. The Morgan fingerprint density at radius 2 is 1.93 bits per heavy atom. The van der Waals surface area contributed by atoms with Gasteiger partial charge in [0, 0.05) is 0 Å². The zero-order valence-electron chi connectivity index (χ0n) is 14.4. The highest BCUT2D eigenvalue weighted by Crippen LogP contribution is 2.12. The number of amides is 1. The van der Waals surface area contributed by atoms with Gasteiger partial charge in [-0.2, -0.15) is 5.10 Å². The van der Waals surface area contributed by atoms with Gasteiger partial charge in [0.1, 0.15) is 11.5 Å².